The Balaban J connectivity index is 3.00. The van der Waals surface area contributed by atoms with Gasteiger partial charge in [0, 0.05) is 11.8 Å². The molecule has 0 aliphatic carbocycles. The molecule has 0 N–H and O–H groups in total. The van der Waals surface area contributed by atoms with Gasteiger partial charge in [-0.2, -0.15) is 0 Å². The van der Waals surface area contributed by atoms with Gasteiger partial charge in [0.25, 0.3) is 0 Å². The Morgan fingerprint density at radius 3 is 1.80 bits per heavy atom. The van der Waals surface area contributed by atoms with E-state index in [0.717, 1.165) is 0 Å². The quantitative estimate of drug-likeness (QED) is 0.590. The molecule has 4 heteroatoms. The van der Waals surface area contributed by atoms with E-state index in [-0.39, 0.29) is 0 Å². The predicted molar refractivity (Wildman–Crippen MR) is 42.3 cm³/mol. The molecular weight excluding hydrogens is 175 g/mol. The van der Waals surface area contributed by atoms with E-state index in [0.29, 0.717) is 31.3 Å². The second-order valence-electron chi connectivity index (χ2n) is 1.57. The van der Waals surface area contributed by atoms with Crippen LogP contribution in [0.25, 0.3) is 0 Å². The van der Waals surface area contributed by atoms with Crippen molar-refractivity contribution in [3.8, 4) is 0 Å². The van der Waals surface area contributed by atoms with Crippen LogP contribution in [0.1, 0.15) is 6.92 Å². The molecule has 10 heavy (non-hydrogen) atoms. The minimum Gasteiger partial charge on any atom is -0.344 e. The van der Waals surface area contributed by atoms with Gasteiger partial charge in [-0.1, -0.05) is 0 Å². The first kappa shape index (κ1) is 10.5. The summed E-state index contributed by atoms with van der Waals surface area (Å²) in [6, 6.07) is 0. The van der Waals surface area contributed by atoms with Gasteiger partial charge in [-0.25, -0.2) is 0 Å². The zero-order valence-corrected chi connectivity index (χ0v) is 7.41. The molecule has 0 rings (SSSR count). The fourth-order valence-electron chi connectivity index (χ4n) is 0.406. The van der Waals surface area contributed by atoms with Crippen molar-refractivity contribution in [1.29, 1.82) is 0 Å². The summed E-state index contributed by atoms with van der Waals surface area (Å²) in [5.41, 5.74) is 0. The third kappa shape index (κ3) is 6.62. The minimum atomic E-state index is 0.474. The molecule has 0 fully saturated rings. The van der Waals surface area contributed by atoms with Crippen LogP contribution in [0.3, 0.4) is 0 Å². The molecule has 0 saturated heterocycles. The first-order chi connectivity index (χ1) is 4.81. The summed E-state index contributed by atoms with van der Waals surface area (Å²) in [7, 11) is 0. The number of rotatable bonds is 6. The lowest BCUT2D eigenvalue weighted by molar-refractivity contribution is -0.0266. The van der Waals surface area contributed by atoms with Crippen molar-refractivity contribution in [2.45, 2.75) is 6.92 Å². The lowest BCUT2D eigenvalue weighted by atomic mass is 10.7. The summed E-state index contributed by atoms with van der Waals surface area (Å²) in [5.74, 6) is 0.948. The normalized spacial score (nSPS) is 10.8. The highest BCUT2D eigenvalue weighted by Crippen LogP contribution is 2.02. The number of hydrogen-bond acceptors (Lipinski definition) is 2. The summed E-state index contributed by atoms with van der Waals surface area (Å²) in [5, 5.41) is 0. The number of hydrogen-bond donors (Lipinski definition) is 0. The van der Waals surface area contributed by atoms with E-state index >= 15 is 0 Å². The fraction of sp³-hybridized carbons (Fsp3) is 0.833. The van der Waals surface area contributed by atoms with Crippen LogP contribution >= 0.6 is 23.2 Å². The van der Waals surface area contributed by atoms with Gasteiger partial charge in [0.2, 0.25) is 6.29 Å². The first-order valence-electron chi connectivity index (χ1n) is 3.02. The molecule has 0 amide bonds. The lowest BCUT2D eigenvalue weighted by Gasteiger charge is -2.09. The molecule has 2 nitrogen and oxygen atoms in total. The van der Waals surface area contributed by atoms with Crippen LogP contribution in [0.4, 0.5) is 0 Å². The summed E-state index contributed by atoms with van der Waals surface area (Å²) in [4.78, 5) is 0. The van der Waals surface area contributed by atoms with Gasteiger partial charge in [0.05, 0.1) is 13.2 Å². The van der Waals surface area contributed by atoms with Gasteiger partial charge in [0.15, 0.2) is 0 Å². The molecule has 1 radical (unpaired) electrons. The Morgan fingerprint density at radius 2 is 1.50 bits per heavy atom. The van der Waals surface area contributed by atoms with Crippen LogP contribution in [0.15, 0.2) is 0 Å². The molecule has 0 bridgehead atoms. The third-order valence-corrected chi connectivity index (χ3v) is 1.07. The molecular formula is C6H11Cl2O2. The van der Waals surface area contributed by atoms with Crippen molar-refractivity contribution < 1.29 is 9.47 Å². The summed E-state index contributed by atoms with van der Waals surface area (Å²) >= 11 is 10.7. The summed E-state index contributed by atoms with van der Waals surface area (Å²) < 4.78 is 9.99. The highest BCUT2D eigenvalue weighted by atomic mass is 35.5. The Kier molecular flexibility index (Phi) is 7.99. The number of ether oxygens (including phenoxy) is 2. The van der Waals surface area contributed by atoms with Gasteiger partial charge >= 0.3 is 0 Å². The van der Waals surface area contributed by atoms with Crippen LogP contribution in [0.5, 0.6) is 0 Å². The van der Waals surface area contributed by atoms with Crippen molar-refractivity contribution in [2.24, 2.45) is 0 Å². The Labute approximate surface area is 71.4 Å². The molecule has 0 aromatic carbocycles. The van der Waals surface area contributed by atoms with Crippen molar-refractivity contribution in [2.75, 3.05) is 25.0 Å². The van der Waals surface area contributed by atoms with E-state index in [9.17, 15) is 0 Å². The van der Waals surface area contributed by atoms with Crippen LogP contribution in [0.2, 0.25) is 0 Å². The van der Waals surface area contributed by atoms with E-state index in [1.54, 1.807) is 6.92 Å². The van der Waals surface area contributed by atoms with Gasteiger partial charge in [-0.15, -0.1) is 23.2 Å². The monoisotopic (exact) mass is 185 g/mol. The average Bonchev–Trinajstić information content (AvgIpc) is 1.97. The van der Waals surface area contributed by atoms with Crippen LogP contribution in [-0.4, -0.2) is 25.0 Å². The van der Waals surface area contributed by atoms with Crippen molar-refractivity contribution in [3.05, 3.63) is 6.29 Å². The van der Waals surface area contributed by atoms with E-state index in [2.05, 4.69) is 0 Å². The van der Waals surface area contributed by atoms with Gasteiger partial charge in [-0.05, 0) is 6.92 Å². The first-order valence-corrected chi connectivity index (χ1v) is 4.09. The van der Waals surface area contributed by atoms with Gasteiger partial charge in [0.1, 0.15) is 0 Å². The molecule has 0 atom stereocenters. The smallest absolute Gasteiger partial charge is 0.220 e. The summed E-state index contributed by atoms with van der Waals surface area (Å²) in [6.07, 6.45) is 0.529. The van der Waals surface area contributed by atoms with Gasteiger partial charge < -0.3 is 9.47 Å². The predicted octanol–water partition coefficient (Wildman–Crippen LogP) is 2.01. The van der Waals surface area contributed by atoms with E-state index in [1.165, 1.54) is 0 Å². The highest BCUT2D eigenvalue weighted by molar-refractivity contribution is 6.18. The molecule has 0 aromatic rings. The molecule has 0 saturated carbocycles. The fourth-order valence-corrected chi connectivity index (χ4v) is 0.561. The summed E-state index contributed by atoms with van der Waals surface area (Å²) in [6.45, 7) is 2.70. The Hall–Kier alpha value is 0.500. The minimum absolute atomic E-state index is 0.474. The molecule has 0 heterocycles. The second-order valence-corrected chi connectivity index (χ2v) is 2.32. The Morgan fingerprint density at radius 1 is 1.10 bits per heavy atom. The standard InChI is InChI=1S/C6H11Cl2O2/c1-6(9-4-2-7)10-5-3-8/h2-5H2,1H3. The van der Waals surface area contributed by atoms with E-state index in [4.69, 9.17) is 32.7 Å². The van der Waals surface area contributed by atoms with E-state index < -0.39 is 0 Å². The van der Waals surface area contributed by atoms with Crippen molar-refractivity contribution in [3.63, 3.8) is 0 Å². The van der Waals surface area contributed by atoms with Crippen LogP contribution in [-0.2, 0) is 9.47 Å². The number of halogens is 2. The molecule has 61 valence electrons. The second kappa shape index (κ2) is 7.61. The maximum atomic E-state index is 5.36. The lowest BCUT2D eigenvalue weighted by Crippen LogP contribution is -2.07. The van der Waals surface area contributed by atoms with Crippen LogP contribution in [0, 0.1) is 6.29 Å². The van der Waals surface area contributed by atoms with Crippen LogP contribution < -0.4 is 0 Å². The van der Waals surface area contributed by atoms with E-state index in [1.807, 2.05) is 0 Å². The van der Waals surface area contributed by atoms with Crippen molar-refractivity contribution >= 4 is 23.2 Å². The van der Waals surface area contributed by atoms with Crippen molar-refractivity contribution in [1.82, 2.24) is 0 Å². The number of alkyl halides is 2. The molecule has 0 unspecified atom stereocenters. The third-order valence-electron chi connectivity index (χ3n) is 0.765. The zero-order valence-electron chi connectivity index (χ0n) is 5.90. The molecule has 0 aromatic heterocycles. The Bertz CT molecular complexity index is 62.8. The maximum absolute atomic E-state index is 5.36. The maximum Gasteiger partial charge on any atom is 0.220 e. The molecule has 0 spiro atoms. The average molecular weight is 186 g/mol. The SMILES string of the molecule is C[C](OCCCl)OCCCl. The zero-order chi connectivity index (χ0) is 7.82. The molecule has 0 aliphatic heterocycles. The highest BCUT2D eigenvalue weighted by Gasteiger charge is 2.01. The molecule has 0 aliphatic rings. The topological polar surface area (TPSA) is 18.5 Å². The van der Waals surface area contributed by atoms with Gasteiger partial charge in [-0.3, -0.25) is 0 Å². The largest absolute Gasteiger partial charge is 0.344 e.